The van der Waals surface area contributed by atoms with Gasteiger partial charge in [-0.05, 0) is 34.7 Å². The largest absolute Gasteiger partial charge is 0.497 e. The second-order valence-electron chi connectivity index (χ2n) is 7.68. The van der Waals surface area contributed by atoms with E-state index < -0.39 is 28.3 Å². The monoisotopic (exact) mass is 468 g/mol. The molecule has 0 aliphatic carbocycles. The lowest BCUT2D eigenvalue weighted by molar-refractivity contribution is 0.0626. The first-order chi connectivity index (χ1) is 16.0. The van der Waals surface area contributed by atoms with Crippen LogP contribution < -0.4 is 9.46 Å². The predicted molar refractivity (Wildman–Crippen MR) is 114 cm³/mol. The van der Waals surface area contributed by atoms with Crippen LogP contribution in [0.15, 0.2) is 53.4 Å². The average molecular weight is 468 g/mol. The lowest BCUT2D eigenvalue weighted by atomic mass is 10.1. The standard InChI is InChI=1S/C21H20N6O5S/c1-30-15-7-4-6-13(9-15)21-23-25-26-27(21)17-12-32-19-16(11-31-20(17)19)24-33(28,29)18-8-3-2-5-14(18)10-22/h2-9,16-17,19-20,24H,11-12H2,1H3/t16-,17+,19-,20+/m0/s1. The smallest absolute Gasteiger partial charge is 0.242 e. The first-order valence-electron chi connectivity index (χ1n) is 10.2. The molecule has 0 amide bonds. The molecule has 0 spiro atoms. The molecule has 3 heterocycles. The Morgan fingerprint density at radius 2 is 1.97 bits per heavy atom. The van der Waals surface area contributed by atoms with Crippen molar-refractivity contribution in [1.82, 2.24) is 24.9 Å². The van der Waals surface area contributed by atoms with Crippen molar-refractivity contribution in [3.05, 3.63) is 54.1 Å². The molecular formula is C21H20N6O5S. The molecule has 5 rings (SSSR count). The quantitative estimate of drug-likeness (QED) is 0.558. The summed E-state index contributed by atoms with van der Waals surface area (Å²) in [7, 11) is -2.37. The van der Waals surface area contributed by atoms with Crippen LogP contribution in [0.5, 0.6) is 5.75 Å². The van der Waals surface area contributed by atoms with Gasteiger partial charge in [0.1, 0.15) is 30.1 Å². The summed E-state index contributed by atoms with van der Waals surface area (Å²) in [5, 5.41) is 21.4. The minimum atomic E-state index is -3.95. The number of ether oxygens (including phenoxy) is 3. The first-order valence-corrected chi connectivity index (χ1v) is 11.7. The minimum Gasteiger partial charge on any atom is -0.497 e. The van der Waals surface area contributed by atoms with Crippen molar-refractivity contribution in [2.75, 3.05) is 20.3 Å². The fourth-order valence-electron chi connectivity index (χ4n) is 4.22. The molecule has 11 nitrogen and oxygen atoms in total. The molecule has 2 aliphatic rings. The number of aromatic nitrogens is 4. The second-order valence-corrected chi connectivity index (χ2v) is 9.36. The molecule has 1 N–H and O–H groups in total. The molecule has 2 saturated heterocycles. The molecule has 2 aliphatic heterocycles. The van der Waals surface area contributed by atoms with Crippen molar-refractivity contribution >= 4 is 10.0 Å². The van der Waals surface area contributed by atoms with Crippen LogP contribution in [0.3, 0.4) is 0 Å². The number of nitrogens with zero attached hydrogens (tertiary/aromatic N) is 5. The van der Waals surface area contributed by atoms with E-state index in [0.29, 0.717) is 11.6 Å². The summed E-state index contributed by atoms with van der Waals surface area (Å²) in [6.07, 6.45) is -0.974. The Morgan fingerprint density at radius 1 is 1.15 bits per heavy atom. The molecule has 170 valence electrons. The molecule has 1 aromatic heterocycles. The Morgan fingerprint density at radius 3 is 2.79 bits per heavy atom. The summed E-state index contributed by atoms with van der Waals surface area (Å²) < 4.78 is 47.3. The lowest BCUT2D eigenvalue weighted by Crippen LogP contribution is -2.44. The highest BCUT2D eigenvalue weighted by Gasteiger charge is 2.50. The molecular weight excluding hydrogens is 448 g/mol. The van der Waals surface area contributed by atoms with E-state index in [0.717, 1.165) is 5.56 Å². The zero-order chi connectivity index (χ0) is 23.0. The fraction of sp³-hybridized carbons (Fsp3) is 0.333. The number of fused-ring (bicyclic) bond motifs is 1. The van der Waals surface area contributed by atoms with Crippen molar-refractivity contribution in [3.63, 3.8) is 0 Å². The number of hydrogen-bond acceptors (Lipinski definition) is 9. The normalized spacial score (nSPS) is 24.4. The van der Waals surface area contributed by atoms with Crippen LogP contribution in [0, 0.1) is 11.3 Å². The second kappa shape index (κ2) is 8.53. The maximum atomic E-state index is 12.9. The Bertz CT molecular complexity index is 1320. The van der Waals surface area contributed by atoms with Gasteiger partial charge in [-0.3, -0.25) is 0 Å². The highest BCUT2D eigenvalue weighted by atomic mass is 32.2. The third-order valence-electron chi connectivity index (χ3n) is 5.77. The van der Waals surface area contributed by atoms with Crippen LogP contribution in [0.2, 0.25) is 0 Å². The molecule has 0 radical (unpaired) electrons. The van der Waals surface area contributed by atoms with Gasteiger partial charge in [0.05, 0.1) is 36.8 Å². The molecule has 2 fully saturated rings. The van der Waals surface area contributed by atoms with Gasteiger partial charge in [-0.15, -0.1) is 5.10 Å². The number of tetrazole rings is 1. The maximum Gasteiger partial charge on any atom is 0.242 e. The summed E-state index contributed by atoms with van der Waals surface area (Å²) in [6, 6.07) is 14.4. The molecule has 0 unspecified atom stereocenters. The topological polar surface area (TPSA) is 141 Å². The average Bonchev–Trinajstić information content (AvgIpc) is 3.56. The van der Waals surface area contributed by atoms with Crippen molar-refractivity contribution < 1.29 is 22.6 Å². The third kappa shape index (κ3) is 3.85. The lowest BCUT2D eigenvalue weighted by Gasteiger charge is -2.18. The first kappa shape index (κ1) is 21.5. The third-order valence-corrected chi connectivity index (χ3v) is 7.31. The van der Waals surface area contributed by atoms with Crippen molar-refractivity contribution in [2.24, 2.45) is 0 Å². The number of rotatable bonds is 6. The van der Waals surface area contributed by atoms with E-state index in [-0.39, 0.29) is 29.7 Å². The van der Waals surface area contributed by atoms with E-state index in [4.69, 9.17) is 14.2 Å². The van der Waals surface area contributed by atoms with E-state index >= 15 is 0 Å². The van der Waals surface area contributed by atoms with E-state index in [1.54, 1.807) is 23.9 Å². The van der Waals surface area contributed by atoms with E-state index in [1.807, 2.05) is 30.3 Å². The summed E-state index contributed by atoms with van der Waals surface area (Å²) in [5.74, 6) is 1.20. The van der Waals surface area contributed by atoms with Crippen LogP contribution in [-0.2, 0) is 19.5 Å². The Kier molecular flexibility index (Phi) is 5.55. The van der Waals surface area contributed by atoms with Gasteiger partial charge >= 0.3 is 0 Å². The number of methoxy groups -OCH3 is 1. The Labute approximate surface area is 189 Å². The van der Waals surface area contributed by atoms with Gasteiger partial charge in [0.2, 0.25) is 10.0 Å². The van der Waals surface area contributed by atoms with Gasteiger partial charge in [0.25, 0.3) is 0 Å². The van der Waals surface area contributed by atoms with E-state index in [1.165, 1.54) is 12.1 Å². The van der Waals surface area contributed by atoms with Gasteiger partial charge in [-0.25, -0.2) is 17.8 Å². The minimum absolute atomic E-state index is 0.0716. The molecule has 0 saturated carbocycles. The number of hydrogen-bond donors (Lipinski definition) is 1. The number of nitriles is 1. The highest BCUT2D eigenvalue weighted by Crippen LogP contribution is 2.36. The van der Waals surface area contributed by atoms with Crippen molar-refractivity contribution in [3.8, 4) is 23.2 Å². The molecule has 2 aromatic carbocycles. The Balaban J connectivity index is 1.37. The molecule has 33 heavy (non-hydrogen) atoms. The predicted octanol–water partition coefficient (Wildman–Crippen LogP) is 0.906. The molecule has 0 bridgehead atoms. The van der Waals surface area contributed by atoms with Crippen LogP contribution >= 0.6 is 0 Å². The summed E-state index contributed by atoms with van der Waals surface area (Å²) in [5.41, 5.74) is 0.841. The van der Waals surface area contributed by atoms with Crippen LogP contribution in [0.4, 0.5) is 0 Å². The van der Waals surface area contributed by atoms with E-state index in [9.17, 15) is 13.7 Å². The van der Waals surface area contributed by atoms with Crippen LogP contribution in [-0.4, -0.2) is 67.2 Å². The van der Waals surface area contributed by atoms with E-state index in [2.05, 4.69) is 20.2 Å². The maximum absolute atomic E-state index is 12.9. The summed E-state index contributed by atoms with van der Waals surface area (Å²) >= 11 is 0. The summed E-state index contributed by atoms with van der Waals surface area (Å²) in [6.45, 7) is 0.376. The SMILES string of the molecule is COc1cccc(-c2nnnn2[C@@H]2CO[C@@H]3[C@@H]2OC[C@@H]3NS(=O)(=O)c2ccccc2C#N)c1. The summed E-state index contributed by atoms with van der Waals surface area (Å²) in [4.78, 5) is -0.0775. The number of nitrogens with one attached hydrogen (secondary N) is 1. The van der Waals surface area contributed by atoms with Crippen LogP contribution in [0.25, 0.3) is 11.4 Å². The fourth-order valence-corrected chi connectivity index (χ4v) is 5.60. The Hall–Kier alpha value is -3.37. The zero-order valence-corrected chi connectivity index (χ0v) is 18.3. The zero-order valence-electron chi connectivity index (χ0n) is 17.5. The van der Waals surface area contributed by atoms with Gasteiger partial charge in [-0.1, -0.05) is 24.3 Å². The van der Waals surface area contributed by atoms with Gasteiger partial charge < -0.3 is 14.2 Å². The molecule has 3 aromatic rings. The number of sulfonamides is 1. The van der Waals surface area contributed by atoms with Crippen LogP contribution in [0.1, 0.15) is 11.6 Å². The van der Waals surface area contributed by atoms with Gasteiger partial charge in [-0.2, -0.15) is 5.26 Å². The highest BCUT2D eigenvalue weighted by molar-refractivity contribution is 7.89. The molecule has 4 atom stereocenters. The van der Waals surface area contributed by atoms with Gasteiger partial charge in [0, 0.05) is 5.56 Å². The van der Waals surface area contributed by atoms with Crippen molar-refractivity contribution in [2.45, 2.75) is 29.2 Å². The number of benzene rings is 2. The van der Waals surface area contributed by atoms with Crippen molar-refractivity contribution in [1.29, 1.82) is 5.26 Å². The molecule has 12 heteroatoms. The van der Waals surface area contributed by atoms with Gasteiger partial charge in [0.15, 0.2) is 5.82 Å².